The van der Waals surface area contributed by atoms with Crippen LogP contribution >= 0.6 is 0 Å². The molecule has 0 aliphatic heterocycles. The van der Waals surface area contributed by atoms with Crippen LogP contribution < -0.4 is 0 Å². The molecule has 1 aliphatic rings. The van der Waals surface area contributed by atoms with Gasteiger partial charge in [-0.1, -0.05) is 54.6 Å². The van der Waals surface area contributed by atoms with Crippen LogP contribution in [0.4, 0.5) is 0 Å². The number of carbonyl (C=O) groups is 1. The lowest BCUT2D eigenvalue weighted by atomic mass is 9.85. The number of aliphatic carboxylic acids is 1. The maximum absolute atomic E-state index is 11.3. The molecule has 0 saturated carbocycles. The molecule has 0 heterocycles. The summed E-state index contributed by atoms with van der Waals surface area (Å²) in [6.45, 7) is 0. The molecule has 2 heteroatoms. The summed E-state index contributed by atoms with van der Waals surface area (Å²) in [5.41, 5.74) is 4.73. The van der Waals surface area contributed by atoms with Gasteiger partial charge in [0.2, 0.25) is 0 Å². The zero-order valence-electron chi connectivity index (χ0n) is 10.5. The second-order valence-electron chi connectivity index (χ2n) is 4.66. The summed E-state index contributed by atoms with van der Waals surface area (Å²) in [4.78, 5) is 11.3. The molecule has 0 unspecified atom stereocenters. The molecule has 0 spiro atoms. The molecule has 0 saturated heterocycles. The van der Waals surface area contributed by atoms with Crippen molar-refractivity contribution in [1.29, 1.82) is 0 Å². The normalized spacial score (nSPS) is 13.6. The third-order valence-electron chi connectivity index (χ3n) is 3.52. The molecular formula is C17H14O2. The van der Waals surface area contributed by atoms with Crippen molar-refractivity contribution in [2.24, 2.45) is 0 Å². The van der Waals surface area contributed by atoms with Gasteiger partial charge in [0.1, 0.15) is 0 Å². The Morgan fingerprint density at radius 2 is 1.68 bits per heavy atom. The molecule has 0 radical (unpaired) electrons. The second-order valence-corrected chi connectivity index (χ2v) is 4.66. The van der Waals surface area contributed by atoms with Crippen LogP contribution in [0.3, 0.4) is 0 Å². The quantitative estimate of drug-likeness (QED) is 0.881. The molecule has 2 aromatic rings. The van der Waals surface area contributed by atoms with Crippen LogP contribution in [-0.2, 0) is 11.2 Å². The van der Waals surface area contributed by atoms with Crippen molar-refractivity contribution >= 4 is 11.5 Å². The molecule has 0 atom stereocenters. The Labute approximate surface area is 112 Å². The monoisotopic (exact) mass is 250 g/mol. The van der Waals surface area contributed by atoms with Gasteiger partial charge in [0.05, 0.1) is 5.57 Å². The SMILES string of the molecule is O=C(O)C1=CCCc2c1cccc2-c1ccccc1. The zero-order valence-corrected chi connectivity index (χ0v) is 10.5. The fourth-order valence-corrected chi connectivity index (χ4v) is 2.67. The highest BCUT2D eigenvalue weighted by molar-refractivity contribution is 6.16. The highest BCUT2D eigenvalue weighted by Gasteiger charge is 2.20. The maximum Gasteiger partial charge on any atom is 0.335 e. The summed E-state index contributed by atoms with van der Waals surface area (Å²) < 4.78 is 0. The average molecular weight is 250 g/mol. The number of carboxylic acid groups (broad SMARTS) is 1. The lowest BCUT2D eigenvalue weighted by molar-refractivity contribution is -0.130. The Morgan fingerprint density at radius 3 is 2.42 bits per heavy atom. The molecule has 94 valence electrons. The Hall–Kier alpha value is -2.35. The first-order chi connectivity index (χ1) is 9.27. The predicted octanol–water partition coefficient (Wildman–Crippen LogP) is 3.77. The van der Waals surface area contributed by atoms with E-state index in [0.717, 1.165) is 35.1 Å². The van der Waals surface area contributed by atoms with Gasteiger partial charge in [-0.25, -0.2) is 4.79 Å². The minimum absolute atomic E-state index is 0.430. The molecule has 2 aromatic carbocycles. The molecule has 3 rings (SSSR count). The first kappa shape index (κ1) is 11.7. The van der Waals surface area contributed by atoms with E-state index in [9.17, 15) is 9.90 Å². The lowest BCUT2D eigenvalue weighted by Crippen LogP contribution is -2.08. The van der Waals surface area contributed by atoms with E-state index in [0.29, 0.717) is 5.57 Å². The number of hydrogen-bond acceptors (Lipinski definition) is 1. The van der Waals surface area contributed by atoms with E-state index in [-0.39, 0.29) is 0 Å². The van der Waals surface area contributed by atoms with Crippen LogP contribution in [0.1, 0.15) is 17.5 Å². The first-order valence-corrected chi connectivity index (χ1v) is 6.38. The van der Waals surface area contributed by atoms with Crippen molar-refractivity contribution in [3.63, 3.8) is 0 Å². The fraction of sp³-hybridized carbons (Fsp3) is 0.118. The maximum atomic E-state index is 11.3. The average Bonchev–Trinajstić information content (AvgIpc) is 2.46. The van der Waals surface area contributed by atoms with E-state index in [4.69, 9.17) is 0 Å². The van der Waals surface area contributed by atoms with Gasteiger partial charge in [0.15, 0.2) is 0 Å². The fourth-order valence-electron chi connectivity index (χ4n) is 2.67. The molecule has 0 aromatic heterocycles. The van der Waals surface area contributed by atoms with Crippen LogP contribution in [0.15, 0.2) is 54.6 Å². The number of carboxylic acids is 1. The number of benzene rings is 2. The minimum atomic E-state index is -0.842. The molecule has 0 fully saturated rings. The van der Waals surface area contributed by atoms with Crippen molar-refractivity contribution in [3.8, 4) is 11.1 Å². The highest BCUT2D eigenvalue weighted by Crippen LogP contribution is 2.34. The van der Waals surface area contributed by atoms with Crippen LogP contribution in [0.2, 0.25) is 0 Å². The van der Waals surface area contributed by atoms with Gasteiger partial charge in [-0.05, 0) is 35.1 Å². The molecule has 1 aliphatic carbocycles. The molecule has 19 heavy (non-hydrogen) atoms. The summed E-state index contributed by atoms with van der Waals surface area (Å²) in [7, 11) is 0. The smallest absolute Gasteiger partial charge is 0.335 e. The number of fused-ring (bicyclic) bond motifs is 1. The number of allylic oxidation sites excluding steroid dienone is 1. The Morgan fingerprint density at radius 1 is 0.947 bits per heavy atom. The second kappa shape index (κ2) is 4.73. The van der Waals surface area contributed by atoms with Crippen molar-refractivity contribution in [2.45, 2.75) is 12.8 Å². The van der Waals surface area contributed by atoms with E-state index >= 15 is 0 Å². The third-order valence-corrected chi connectivity index (χ3v) is 3.52. The van der Waals surface area contributed by atoms with Crippen LogP contribution in [0.5, 0.6) is 0 Å². The van der Waals surface area contributed by atoms with E-state index < -0.39 is 5.97 Å². The van der Waals surface area contributed by atoms with Gasteiger partial charge in [-0.15, -0.1) is 0 Å². The zero-order chi connectivity index (χ0) is 13.2. The van der Waals surface area contributed by atoms with Gasteiger partial charge < -0.3 is 5.11 Å². The minimum Gasteiger partial charge on any atom is -0.478 e. The third kappa shape index (κ3) is 2.06. The summed E-state index contributed by atoms with van der Waals surface area (Å²) in [6, 6.07) is 16.0. The Kier molecular flexibility index (Phi) is 2.92. The van der Waals surface area contributed by atoms with Crippen LogP contribution in [0.25, 0.3) is 16.7 Å². The summed E-state index contributed by atoms with van der Waals surface area (Å²) >= 11 is 0. The lowest BCUT2D eigenvalue weighted by Gasteiger charge is -2.19. The standard InChI is InChI=1S/C17H14O2/c18-17(19)16-11-5-9-14-13(8-4-10-15(14)16)12-6-2-1-3-7-12/h1-4,6-8,10-11H,5,9H2,(H,18,19). The summed E-state index contributed by atoms with van der Waals surface area (Å²) in [6.07, 6.45) is 3.51. The van der Waals surface area contributed by atoms with Crippen molar-refractivity contribution in [3.05, 3.63) is 65.7 Å². The van der Waals surface area contributed by atoms with E-state index in [1.54, 1.807) is 0 Å². The highest BCUT2D eigenvalue weighted by atomic mass is 16.4. The molecule has 1 N–H and O–H groups in total. The molecule has 0 bridgehead atoms. The summed E-state index contributed by atoms with van der Waals surface area (Å²) in [5.74, 6) is -0.842. The van der Waals surface area contributed by atoms with Crippen molar-refractivity contribution < 1.29 is 9.90 Å². The van der Waals surface area contributed by atoms with Gasteiger partial charge in [-0.3, -0.25) is 0 Å². The topological polar surface area (TPSA) is 37.3 Å². The number of hydrogen-bond donors (Lipinski definition) is 1. The van der Waals surface area contributed by atoms with Crippen molar-refractivity contribution in [1.82, 2.24) is 0 Å². The van der Waals surface area contributed by atoms with Gasteiger partial charge in [-0.2, -0.15) is 0 Å². The van der Waals surface area contributed by atoms with E-state index in [2.05, 4.69) is 18.2 Å². The number of rotatable bonds is 2. The first-order valence-electron chi connectivity index (χ1n) is 6.38. The largest absolute Gasteiger partial charge is 0.478 e. The Bertz CT molecular complexity index is 654. The molecular weight excluding hydrogens is 236 g/mol. The predicted molar refractivity (Wildman–Crippen MR) is 75.8 cm³/mol. The van der Waals surface area contributed by atoms with Gasteiger partial charge >= 0.3 is 5.97 Å². The summed E-state index contributed by atoms with van der Waals surface area (Å²) in [5, 5.41) is 9.28. The molecule has 0 amide bonds. The van der Waals surface area contributed by atoms with Gasteiger partial charge in [0.25, 0.3) is 0 Å². The van der Waals surface area contributed by atoms with Crippen LogP contribution in [-0.4, -0.2) is 11.1 Å². The Balaban J connectivity index is 2.18. The van der Waals surface area contributed by atoms with E-state index in [1.807, 2.05) is 36.4 Å². The van der Waals surface area contributed by atoms with Crippen LogP contribution in [0, 0.1) is 0 Å². The van der Waals surface area contributed by atoms with Gasteiger partial charge in [0, 0.05) is 0 Å². The molecule has 2 nitrogen and oxygen atoms in total. The van der Waals surface area contributed by atoms with Crippen molar-refractivity contribution in [2.75, 3.05) is 0 Å². The van der Waals surface area contributed by atoms with E-state index in [1.165, 1.54) is 0 Å².